The van der Waals surface area contributed by atoms with E-state index in [0.29, 0.717) is 18.4 Å². The molecule has 0 aromatic carbocycles. The second-order valence-electron chi connectivity index (χ2n) is 2.75. The third-order valence-electron chi connectivity index (χ3n) is 1.72. The molecule has 3 nitrogen and oxygen atoms in total. The summed E-state index contributed by atoms with van der Waals surface area (Å²) in [5, 5.41) is 9.08. The molecule has 11 heavy (non-hydrogen) atoms. The SMILES string of the molecule is CC(=O)CC1=C(O)C(=O)CC1. The second-order valence-corrected chi connectivity index (χ2v) is 2.75. The lowest BCUT2D eigenvalue weighted by atomic mass is 10.1. The van der Waals surface area contributed by atoms with Gasteiger partial charge in [-0.2, -0.15) is 0 Å². The highest BCUT2D eigenvalue weighted by molar-refractivity contribution is 5.97. The van der Waals surface area contributed by atoms with Crippen LogP contribution in [-0.4, -0.2) is 16.7 Å². The summed E-state index contributed by atoms with van der Waals surface area (Å²) in [5.74, 6) is -0.428. The normalized spacial score (nSPS) is 17.7. The van der Waals surface area contributed by atoms with Gasteiger partial charge in [-0.1, -0.05) is 0 Å². The maximum atomic E-state index is 10.7. The van der Waals surface area contributed by atoms with Crippen LogP contribution in [-0.2, 0) is 9.59 Å². The minimum absolute atomic E-state index is 0.0127. The molecule has 0 bridgehead atoms. The molecule has 0 aliphatic heterocycles. The highest BCUT2D eigenvalue weighted by Gasteiger charge is 2.22. The molecule has 0 aromatic heterocycles. The van der Waals surface area contributed by atoms with E-state index in [9.17, 15) is 9.59 Å². The van der Waals surface area contributed by atoms with Crippen LogP contribution in [0.2, 0.25) is 0 Å². The van der Waals surface area contributed by atoms with Crippen molar-refractivity contribution in [2.24, 2.45) is 0 Å². The Bertz CT molecular complexity index is 238. The summed E-state index contributed by atoms with van der Waals surface area (Å²) in [6.07, 6.45) is 1.12. The van der Waals surface area contributed by atoms with Gasteiger partial charge in [-0.15, -0.1) is 0 Å². The summed E-state index contributed by atoms with van der Waals surface area (Å²) in [7, 11) is 0. The fourth-order valence-corrected chi connectivity index (χ4v) is 1.17. The van der Waals surface area contributed by atoms with E-state index in [-0.39, 0.29) is 23.7 Å². The van der Waals surface area contributed by atoms with Crippen LogP contribution in [0, 0.1) is 0 Å². The van der Waals surface area contributed by atoms with E-state index in [4.69, 9.17) is 5.11 Å². The molecule has 0 saturated carbocycles. The molecule has 1 aliphatic carbocycles. The van der Waals surface area contributed by atoms with Crippen LogP contribution < -0.4 is 0 Å². The molecular weight excluding hydrogens is 144 g/mol. The predicted molar refractivity (Wildman–Crippen MR) is 39.2 cm³/mol. The lowest BCUT2D eigenvalue weighted by Crippen LogP contribution is -1.96. The largest absolute Gasteiger partial charge is 0.504 e. The van der Waals surface area contributed by atoms with Gasteiger partial charge in [0.1, 0.15) is 5.78 Å². The van der Waals surface area contributed by atoms with Gasteiger partial charge in [0.25, 0.3) is 0 Å². The molecule has 0 radical (unpaired) electrons. The lowest BCUT2D eigenvalue weighted by Gasteiger charge is -1.95. The molecule has 1 aliphatic rings. The topological polar surface area (TPSA) is 54.4 Å². The van der Waals surface area contributed by atoms with E-state index in [1.807, 2.05) is 0 Å². The molecule has 1 N–H and O–H groups in total. The van der Waals surface area contributed by atoms with Crippen molar-refractivity contribution in [3.63, 3.8) is 0 Å². The van der Waals surface area contributed by atoms with Gasteiger partial charge in [0, 0.05) is 12.8 Å². The van der Waals surface area contributed by atoms with Gasteiger partial charge < -0.3 is 5.11 Å². The van der Waals surface area contributed by atoms with Gasteiger partial charge in [-0.3, -0.25) is 9.59 Å². The Morgan fingerprint density at radius 2 is 2.18 bits per heavy atom. The zero-order valence-corrected chi connectivity index (χ0v) is 6.39. The van der Waals surface area contributed by atoms with Crippen LogP contribution >= 0.6 is 0 Å². The Morgan fingerprint density at radius 1 is 1.55 bits per heavy atom. The Labute approximate surface area is 64.7 Å². The maximum Gasteiger partial charge on any atom is 0.197 e. The fraction of sp³-hybridized carbons (Fsp3) is 0.500. The first-order valence-electron chi connectivity index (χ1n) is 3.55. The molecule has 0 amide bonds. The monoisotopic (exact) mass is 154 g/mol. The predicted octanol–water partition coefficient (Wildman–Crippen LogP) is 1.14. The van der Waals surface area contributed by atoms with Crippen molar-refractivity contribution in [1.29, 1.82) is 0 Å². The van der Waals surface area contributed by atoms with Crippen LogP contribution in [0.15, 0.2) is 11.3 Å². The third-order valence-corrected chi connectivity index (χ3v) is 1.72. The van der Waals surface area contributed by atoms with Crippen molar-refractivity contribution >= 4 is 11.6 Å². The first kappa shape index (κ1) is 7.98. The second kappa shape index (κ2) is 2.86. The van der Waals surface area contributed by atoms with Gasteiger partial charge >= 0.3 is 0 Å². The van der Waals surface area contributed by atoms with Crippen LogP contribution in [0.1, 0.15) is 26.2 Å². The van der Waals surface area contributed by atoms with Crippen molar-refractivity contribution in [3.05, 3.63) is 11.3 Å². The smallest absolute Gasteiger partial charge is 0.197 e. The van der Waals surface area contributed by atoms with E-state index >= 15 is 0 Å². The van der Waals surface area contributed by atoms with Crippen molar-refractivity contribution in [3.8, 4) is 0 Å². The molecule has 0 spiro atoms. The molecule has 0 heterocycles. The van der Waals surface area contributed by atoms with Gasteiger partial charge in [0.2, 0.25) is 0 Å². The average Bonchev–Trinajstić information content (AvgIpc) is 2.18. The number of hydrogen-bond acceptors (Lipinski definition) is 3. The minimum atomic E-state index is -0.235. The van der Waals surface area contributed by atoms with E-state index in [0.717, 1.165) is 0 Å². The van der Waals surface area contributed by atoms with Crippen molar-refractivity contribution in [1.82, 2.24) is 0 Å². The summed E-state index contributed by atoms with van der Waals surface area (Å²) in [6, 6.07) is 0. The molecule has 1 rings (SSSR count). The number of allylic oxidation sites excluding steroid dienone is 2. The van der Waals surface area contributed by atoms with Crippen molar-refractivity contribution in [2.45, 2.75) is 26.2 Å². The molecular formula is C8H10O3. The maximum absolute atomic E-state index is 10.7. The molecule has 3 heteroatoms. The molecule has 0 aromatic rings. The van der Waals surface area contributed by atoms with Gasteiger partial charge in [-0.25, -0.2) is 0 Å². The minimum Gasteiger partial charge on any atom is -0.504 e. The Morgan fingerprint density at radius 3 is 2.55 bits per heavy atom. The zero-order valence-electron chi connectivity index (χ0n) is 6.39. The quantitative estimate of drug-likeness (QED) is 0.648. The summed E-state index contributed by atoms with van der Waals surface area (Å²) in [4.78, 5) is 21.3. The standard InChI is InChI=1S/C8H10O3/c1-5(9)4-6-2-3-7(10)8(6)11/h11H,2-4H2,1H3. The van der Waals surface area contributed by atoms with E-state index in [2.05, 4.69) is 0 Å². The van der Waals surface area contributed by atoms with Gasteiger partial charge in [0.15, 0.2) is 11.5 Å². The number of carbonyl (C=O) groups is 2. The van der Waals surface area contributed by atoms with Gasteiger partial charge in [0.05, 0.1) is 0 Å². The Balaban J connectivity index is 2.72. The van der Waals surface area contributed by atoms with Crippen molar-refractivity contribution < 1.29 is 14.7 Å². The highest BCUT2D eigenvalue weighted by Crippen LogP contribution is 2.23. The molecule has 0 unspecified atom stereocenters. The fourth-order valence-electron chi connectivity index (χ4n) is 1.17. The summed E-state index contributed by atoms with van der Waals surface area (Å²) >= 11 is 0. The average molecular weight is 154 g/mol. The summed E-state index contributed by atoms with van der Waals surface area (Å²) in [5.41, 5.74) is 0.600. The van der Waals surface area contributed by atoms with Crippen LogP contribution in [0.4, 0.5) is 0 Å². The number of aliphatic hydroxyl groups is 1. The van der Waals surface area contributed by atoms with E-state index in [1.165, 1.54) is 6.92 Å². The first-order chi connectivity index (χ1) is 5.11. The number of hydrogen-bond donors (Lipinski definition) is 1. The van der Waals surface area contributed by atoms with E-state index in [1.54, 1.807) is 0 Å². The summed E-state index contributed by atoms with van der Waals surface area (Å²) in [6.45, 7) is 1.45. The summed E-state index contributed by atoms with van der Waals surface area (Å²) < 4.78 is 0. The lowest BCUT2D eigenvalue weighted by molar-refractivity contribution is -0.117. The van der Waals surface area contributed by atoms with Crippen LogP contribution in [0.3, 0.4) is 0 Å². The molecule has 0 atom stereocenters. The van der Waals surface area contributed by atoms with Gasteiger partial charge in [-0.05, 0) is 18.9 Å². The number of Topliss-reactive ketones (excluding diaryl/α,β-unsaturated/α-hetero) is 2. The zero-order chi connectivity index (χ0) is 8.43. The van der Waals surface area contributed by atoms with E-state index < -0.39 is 0 Å². The Kier molecular flexibility index (Phi) is 2.08. The number of aliphatic hydroxyl groups excluding tert-OH is 1. The number of carbonyl (C=O) groups excluding carboxylic acids is 2. The molecule has 0 fully saturated rings. The highest BCUT2D eigenvalue weighted by atomic mass is 16.3. The molecule has 0 saturated heterocycles. The Hall–Kier alpha value is -1.12. The van der Waals surface area contributed by atoms with Crippen molar-refractivity contribution in [2.75, 3.05) is 0 Å². The number of ketones is 2. The first-order valence-corrected chi connectivity index (χ1v) is 3.55. The van der Waals surface area contributed by atoms with Crippen LogP contribution in [0.5, 0.6) is 0 Å². The molecule has 60 valence electrons. The third kappa shape index (κ3) is 1.67. The van der Waals surface area contributed by atoms with Crippen LogP contribution in [0.25, 0.3) is 0 Å². The number of rotatable bonds is 2.